The van der Waals surface area contributed by atoms with Gasteiger partial charge in [-0.3, -0.25) is 14.8 Å². The lowest BCUT2D eigenvalue weighted by atomic mass is 10.1. The van der Waals surface area contributed by atoms with Crippen LogP contribution < -0.4 is 22.3 Å². The number of hydrogen-bond donors (Lipinski definition) is 4. The summed E-state index contributed by atoms with van der Waals surface area (Å²) < 4.78 is 0. The van der Waals surface area contributed by atoms with Crippen LogP contribution in [0.4, 0.5) is 11.1 Å². The quantitative estimate of drug-likeness (QED) is 0.223. The van der Waals surface area contributed by atoms with Gasteiger partial charge in [0.15, 0.2) is 5.96 Å². The SMILES string of the molecule is Cc1cc(Cc2cnc(NCCSCc3csc(N=C(N)N)n3)[nH]c2=O)cnc1C. The van der Waals surface area contributed by atoms with Gasteiger partial charge >= 0.3 is 0 Å². The standard InChI is InChI=1S/C19H24N8OS2/c1-11-5-13(7-23-12(11)2)6-14-8-24-18(26-16(14)28)22-3-4-29-9-15-10-30-19(25-15)27-17(20)21/h5,7-8,10H,3-4,6,9H2,1-2H3,(H4,20,21,25,27)(H2,22,24,26,28). The lowest BCUT2D eigenvalue weighted by molar-refractivity contribution is 0.995. The summed E-state index contributed by atoms with van der Waals surface area (Å²) in [7, 11) is 0. The number of pyridine rings is 1. The Bertz CT molecular complexity index is 1090. The molecular weight excluding hydrogens is 420 g/mol. The summed E-state index contributed by atoms with van der Waals surface area (Å²) in [6, 6.07) is 2.05. The number of aryl methyl sites for hydroxylation is 2. The van der Waals surface area contributed by atoms with E-state index in [9.17, 15) is 4.79 Å². The van der Waals surface area contributed by atoms with Crippen LogP contribution in [0.3, 0.4) is 0 Å². The molecular formula is C19H24N8OS2. The van der Waals surface area contributed by atoms with E-state index in [4.69, 9.17) is 11.5 Å². The first-order valence-electron chi connectivity index (χ1n) is 9.26. The van der Waals surface area contributed by atoms with Gasteiger partial charge in [-0.05, 0) is 25.0 Å². The molecule has 0 spiro atoms. The lowest BCUT2D eigenvalue weighted by Gasteiger charge is -2.07. The summed E-state index contributed by atoms with van der Waals surface area (Å²) in [6.45, 7) is 4.64. The molecule has 6 N–H and O–H groups in total. The Morgan fingerprint density at radius 1 is 1.30 bits per heavy atom. The molecule has 0 unspecified atom stereocenters. The van der Waals surface area contributed by atoms with E-state index in [1.54, 1.807) is 24.2 Å². The third-order valence-electron chi connectivity index (χ3n) is 4.22. The van der Waals surface area contributed by atoms with Gasteiger partial charge in [0.2, 0.25) is 11.1 Å². The highest BCUT2D eigenvalue weighted by Crippen LogP contribution is 2.21. The Kier molecular flexibility index (Phi) is 7.41. The van der Waals surface area contributed by atoms with Crippen molar-refractivity contribution in [2.75, 3.05) is 17.6 Å². The molecule has 0 saturated carbocycles. The number of aliphatic imine (C=N–C) groups is 1. The van der Waals surface area contributed by atoms with Gasteiger partial charge in [-0.15, -0.1) is 11.3 Å². The highest BCUT2D eigenvalue weighted by molar-refractivity contribution is 7.98. The normalized spacial score (nSPS) is 10.7. The molecule has 0 fully saturated rings. The number of hydrogen-bond acceptors (Lipinski definition) is 8. The first-order chi connectivity index (χ1) is 14.4. The highest BCUT2D eigenvalue weighted by Gasteiger charge is 2.06. The lowest BCUT2D eigenvalue weighted by Crippen LogP contribution is -2.21. The molecule has 0 aliphatic rings. The van der Waals surface area contributed by atoms with Crippen LogP contribution in [0, 0.1) is 13.8 Å². The van der Waals surface area contributed by atoms with Crippen molar-refractivity contribution in [1.82, 2.24) is 19.9 Å². The van der Waals surface area contributed by atoms with E-state index in [2.05, 4.69) is 30.2 Å². The molecule has 0 aromatic carbocycles. The molecule has 0 aliphatic heterocycles. The number of H-pyrrole nitrogens is 1. The van der Waals surface area contributed by atoms with Gasteiger partial charge in [-0.25, -0.2) is 9.97 Å². The highest BCUT2D eigenvalue weighted by atomic mass is 32.2. The largest absolute Gasteiger partial charge is 0.370 e. The molecule has 158 valence electrons. The molecule has 0 saturated heterocycles. The maximum absolute atomic E-state index is 12.4. The van der Waals surface area contributed by atoms with E-state index in [-0.39, 0.29) is 11.5 Å². The number of thioether (sulfide) groups is 1. The average Bonchev–Trinajstić information content (AvgIpc) is 3.13. The zero-order valence-corrected chi connectivity index (χ0v) is 18.4. The van der Waals surface area contributed by atoms with Gasteiger partial charge in [0.1, 0.15) is 0 Å². The van der Waals surface area contributed by atoms with Crippen molar-refractivity contribution in [3.63, 3.8) is 0 Å². The van der Waals surface area contributed by atoms with Gasteiger partial charge in [0.25, 0.3) is 5.56 Å². The fourth-order valence-electron chi connectivity index (χ4n) is 2.60. The summed E-state index contributed by atoms with van der Waals surface area (Å²) in [5.41, 5.74) is 15.2. The third-order valence-corrected chi connectivity index (χ3v) is 5.99. The molecule has 11 heteroatoms. The zero-order valence-electron chi connectivity index (χ0n) is 16.8. The Hall–Kier alpha value is -2.92. The molecule has 0 atom stereocenters. The van der Waals surface area contributed by atoms with Crippen molar-refractivity contribution in [1.29, 1.82) is 0 Å². The number of anilines is 1. The summed E-state index contributed by atoms with van der Waals surface area (Å²) in [4.78, 5) is 32.1. The van der Waals surface area contributed by atoms with E-state index < -0.39 is 0 Å². The number of thiazole rings is 1. The Labute approximate surface area is 182 Å². The average molecular weight is 445 g/mol. The van der Waals surface area contributed by atoms with Crippen LogP contribution in [0.5, 0.6) is 0 Å². The number of rotatable bonds is 9. The fourth-order valence-corrected chi connectivity index (χ4v) is 4.16. The van der Waals surface area contributed by atoms with E-state index >= 15 is 0 Å². The summed E-state index contributed by atoms with van der Waals surface area (Å²) in [5, 5.41) is 5.63. The van der Waals surface area contributed by atoms with E-state index in [1.165, 1.54) is 11.3 Å². The second-order valence-electron chi connectivity index (χ2n) is 6.65. The number of nitrogens with one attached hydrogen (secondary N) is 2. The van der Waals surface area contributed by atoms with Crippen LogP contribution in [0.2, 0.25) is 0 Å². The van der Waals surface area contributed by atoms with Crippen LogP contribution in [0.25, 0.3) is 0 Å². The number of guanidine groups is 1. The number of nitrogens with zero attached hydrogens (tertiary/aromatic N) is 4. The first kappa shape index (κ1) is 21.8. The van der Waals surface area contributed by atoms with Crippen LogP contribution in [-0.2, 0) is 12.2 Å². The molecule has 9 nitrogen and oxygen atoms in total. The van der Waals surface area contributed by atoms with Gasteiger partial charge in [-0.2, -0.15) is 16.8 Å². The van der Waals surface area contributed by atoms with Crippen LogP contribution in [0.15, 0.2) is 33.6 Å². The van der Waals surface area contributed by atoms with E-state index in [0.717, 1.165) is 34.0 Å². The fraction of sp³-hybridized carbons (Fsp3) is 0.316. The minimum Gasteiger partial charge on any atom is -0.370 e. The molecule has 3 heterocycles. The molecule has 0 amide bonds. The minimum atomic E-state index is -0.145. The molecule has 0 aliphatic carbocycles. The maximum Gasteiger partial charge on any atom is 0.255 e. The van der Waals surface area contributed by atoms with Crippen molar-refractivity contribution in [3.8, 4) is 0 Å². The topological polar surface area (TPSA) is 148 Å². The predicted molar refractivity (Wildman–Crippen MR) is 124 cm³/mol. The first-order valence-corrected chi connectivity index (χ1v) is 11.3. The van der Waals surface area contributed by atoms with Gasteiger partial charge in [0.05, 0.1) is 5.69 Å². The van der Waals surface area contributed by atoms with Crippen molar-refractivity contribution in [2.24, 2.45) is 16.5 Å². The van der Waals surface area contributed by atoms with Crippen molar-refractivity contribution < 1.29 is 0 Å². The second-order valence-corrected chi connectivity index (χ2v) is 8.59. The summed E-state index contributed by atoms with van der Waals surface area (Å²) in [6.07, 6.45) is 3.92. The molecule has 30 heavy (non-hydrogen) atoms. The summed E-state index contributed by atoms with van der Waals surface area (Å²) in [5.74, 6) is 2.05. The molecule has 3 rings (SSSR count). The van der Waals surface area contributed by atoms with Gasteiger partial charge in [-0.1, -0.05) is 6.07 Å². The number of aromatic nitrogens is 4. The predicted octanol–water partition coefficient (Wildman–Crippen LogP) is 2.08. The third kappa shape index (κ3) is 6.29. The molecule has 3 aromatic rings. The van der Waals surface area contributed by atoms with Gasteiger partial charge in [0, 0.05) is 53.5 Å². The maximum atomic E-state index is 12.4. The van der Waals surface area contributed by atoms with Crippen molar-refractivity contribution >= 4 is 40.1 Å². The molecule has 3 aromatic heterocycles. The number of nitrogens with two attached hydrogens (primary N) is 2. The van der Waals surface area contributed by atoms with E-state index in [0.29, 0.717) is 29.6 Å². The van der Waals surface area contributed by atoms with Crippen LogP contribution in [0.1, 0.15) is 28.1 Å². The molecule has 0 radical (unpaired) electrons. The summed E-state index contributed by atoms with van der Waals surface area (Å²) >= 11 is 3.12. The second kappa shape index (κ2) is 10.2. The smallest absolute Gasteiger partial charge is 0.255 e. The Morgan fingerprint density at radius 2 is 2.13 bits per heavy atom. The Balaban J connectivity index is 1.45. The number of aromatic amines is 1. The van der Waals surface area contributed by atoms with Crippen LogP contribution >= 0.6 is 23.1 Å². The zero-order chi connectivity index (χ0) is 21.5. The minimum absolute atomic E-state index is 0.00547. The Morgan fingerprint density at radius 3 is 2.87 bits per heavy atom. The van der Waals surface area contributed by atoms with Crippen molar-refractivity contribution in [2.45, 2.75) is 26.0 Å². The van der Waals surface area contributed by atoms with Gasteiger partial charge < -0.3 is 16.8 Å². The monoisotopic (exact) mass is 444 g/mol. The van der Waals surface area contributed by atoms with Crippen molar-refractivity contribution in [3.05, 3.63) is 62.3 Å². The van der Waals surface area contributed by atoms with E-state index in [1.807, 2.05) is 25.3 Å². The molecule has 0 bridgehead atoms. The van der Waals surface area contributed by atoms with Crippen LogP contribution in [-0.4, -0.2) is 38.2 Å².